The van der Waals surface area contributed by atoms with Crippen molar-refractivity contribution in [3.8, 4) is 0 Å². The van der Waals surface area contributed by atoms with Crippen LogP contribution in [0.1, 0.15) is 32.8 Å². The summed E-state index contributed by atoms with van der Waals surface area (Å²) in [6.07, 6.45) is 1.37. The van der Waals surface area contributed by atoms with Crippen LogP contribution in [0.5, 0.6) is 0 Å². The Morgan fingerprint density at radius 3 is 2.35 bits per heavy atom. The molecule has 1 aromatic rings. The molecule has 0 bridgehead atoms. The van der Waals surface area contributed by atoms with E-state index in [4.69, 9.17) is 5.73 Å². The van der Waals surface area contributed by atoms with Crippen LogP contribution in [-0.4, -0.2) is 11.9 Å². The summed E-state index contributed by atoms with van der Waals surface area (Å²) in [5, 5.41) is 2.82. The lowest BCUT2D eigenvalue weighted by Crippen LogP contribution is -2.28. The molecule has 1 amide bonds. The van der Waals surface area contributed by atoms with Gasteiger partial charge in [0.25, 0.3) is 0 Å². The third kappa shape index (κ3) is 4.57. The second-order valence-corrected chi connectivity index (χ2v) is 4.71. The molecule has 0 aliphatic carbocycles. The number of hydrogen-bond acceptors (Lipinski definition) is 2. The highest BCUT2D eigenvalue weighted by Crippen LogP contribution is 2.13. The minimum Gasteiger partial charge on any atom is -0.327 e. The van der Waals surface area contributed by atoms with Crippen molar-refractivity contribution in [2.75, 3.05) is 5.32 Å². The van der Waals surface area contributed by atoms with Crippen LogP contribution in [0.2, 0.25) is 0 Å². The van der Waals surface area contributed by atoms with E-state index < -0.39 is 0 Å². The molecular weight excluding hydrogens is 212 g/mol. The summed E-state index contributed by atoms with van der Waals surface area (Å²) < 4.78 is 0. The number of nitrogens with one attached hydrogen (secondary N) is 1. The van der Waals surface area contributed by atoms with Crippen LogP contribution in [0.25, 0.3) is 0 Å². The number of carbonyl (C=O) groups is 1. The molecule has 0 radical (unpaired) electrons. The van der Waals surface area contributed by atoms with E-state index in [0.717, 1.165) is 12.1 Å². The standard InChI is InChI=1S/C14H22N2O/c1-4-14(17)16-12-7-5-11(6-8-12)9-13(15)10(2)3/h5-8,10,13H,4,9,15H2,1-3H3,(H,16,17). The Labute approximate surface area is 103 Å². The average molecular weight is 234 g/mol. The van der Waals surface area contributed by atoms with E-state index in [-0.39, 0.29) is 11.9 Å². The van der Waals surface area contributed by atoms with Crippen LogP contribution in [0.15, 0.2) is 24.3 Å². The first-order valence-corrected chi connectivity index (χ1v) is 6.17. The van der Waals surface area contributed by atoms with E-state index in [2.05, 4.69) is 19.2 Å². The molecule has 1 unspecified atom stereocenters. The lowest BCUT2D eigenvalue weighted by Gasteiger charge is -2.15. The largest absolute Gasteiger partial charge is 0.327 e. The van der Waals surface area contributed by atoms with E-state index >= 15 is 0 Å². The first kappa shape index (κ1) is 13.7. The fourth-order valence-electron chi connectivity index (χ4n) is 1.48. The fourth-order valence-corrected chi connectivity index (χ4v) is 1.48. The zero-order chi connectivity index (χ0) is 12.8. The van der Waals surface area contributed by atoms with Gasteiger partial charge in [-0.15, -0.1) is 0 Å². The molecule has 0 saturated heterocycles. The Bertz CT molecular complexity index is 357. The van der Waals surface area contributed by atoms with Gasteiger partial charge in [0.1, 0.15) is 0 Å². The summed E-state index contributed by atoms with van der Waals surface area (Å²) >= 11 is 0. The number of hydrogen-bond donors (Lipinski definition) is 2. The molecule has 0 fully saturated rings. The monoisotopic (exact) mass is 234 g/mol. The van der Waals surface area contributed by atoms with Gasteiger partial charge in [-0.25, -0.2) is 0 Å². The highest BCUT2D eigenvalue weighted by molar-refractivity contribution is 5.90. The van der Waals surface area contributed by atoms with Gasteiger partial charge in [0.2, 0.25) is 5.91 Å². The molecule has 0 aliphatic rings. The van der Waals surface area contributed by atoms with Gasteiger partial charge >= 0.3 is 0 Å². The summed E-state index contributed by atoms with van der Waals surface area (Å²) in [5.74, 6) is 0.520. The van der Waals surface area contributed by atoms with Crippen LogP contribution in [0.4, 0.5) is 5.69 Å². The molecule has 0 spiro atoms. The zero-order valence-electron chi connectivity index (χ0n) is 10.9. The maximum Gasteiger partial charge on any atom is 0.224 e. The van der Waals surface area contributed by atoms with Gasteiger partial charge in [-0.3, -0.25) is 4.79 Å². The van der Waals surface area contributed by atoms with Crippen molar-refractivity contribution < 1.29 is 4.79 Å². The number of amides is 1. The first-order chi connectivity index (χ1) is 8.02. The number of nitrogens with two attached hydrogens (primary N) is 1. The van der Waals surface area contributed by atoms with Gasteiger partial charge in [-0.05, 0) is 30.0 Å². The molecule has 1 rings (SSSR count). The lowest BCUT2D eigenvalue weighted by molar-refractivity contribution is -0.115. The van der Waals surface area contributed by atoms with E-state index in [0.29, 0.717) is 12.3 Å². The Kier molecular flexibility index (Phi) is 5.16. The van der Waals surface area contributed by atoms with Crippen LogP contribution in [-0.2, 0) is 11.2 Å². The summed E-state index contributed by atoms with van der Waals surface area (Å²) in [4.78, 5) is 11.2. The maximum atomic E-state index is 11.2. The summed E-state index contributed by atoms with van der Waals surface area (Å²) in [6, 6.07) is 8.08. The van der Waals surface area contributed by atoms with Gasteiger partial charge in [-0.1, -0.05) is 32.9 Å². The number of rotatable bonds is 5. The fraction of sp³-hybridized carbons (Fsp3) is 0.500. The van der Waals surface area contributed by atoms with Gasteiger partial charge in [0.05, 0.1) is 0 Å². The maximum absolute atomic E-state index is 11.2. The second-order valence-electron chi connectivity index (χ2n) is 4.71. The molecule has 1 atom stereocenters. The number of benzene rings is 1. The lowest BCUT2D eigenvalue weighted by atomic mass is 9.97. The first-order valence-electron chi connectivity index (χ1n) is 6.17. The molecule has 3 N–H and O–H groups in total. The SMILES string of the molecule is CCC(=O)Nc1ccc(CC(N)C(C)C)cc1. The molecule has 0 heterocycles. The van der Waals surface area contributed by atoms with Crippen LogP contribution in [0, 0.1) is 5.92 Å². The van der Waals surface area contributed by atoms with Crippen LogP contribution >= 0.6 is 0 Å². The highest BCUT2D eigenvalue weighted by atomic mass is 16.1. The van der Waals surface area contributed by atoms with Crippen molar-refractivity contribution in [2.45, 2.75) is 39.7 Å². The van der Waals surface area contributed by atoms with Gasteiger partial charge < -0.3 is 11.1 Å². The molecule has 3 nitrogen and oxygen atoms in total. The van der Waals surface area contributed by atoms with E-state index in [1.54, 1.807) is 0 Å². The van der Waals surface area contributed by atoms with E-state index in [1.807, 2.05) is 31.2 Å². The molecule has 0 aliphatic heterocycles. The molecule has 17 heavy (non-hydrogen) atoms. The molecule has 3 heteroatoms. The minimum absolute atomic E-state index is 0.0385. The predicted octanol–water partition coefficient (Wildman–Crippen LogP) is 2.56. The van der Waals surface area contributed by atoms with Crippen molar-refractivity contribution in [3.63, 3.8) is 0 Å². The predicted molar refractivity (Wildman–Crippen MR) is 71.9 cm³/mol. The summed E-state index contributed by atoms with van der Waals surface area (Å²) in [6.45, 7) is 6.09. The quantitative estimate of drug-likeness (QED) is 0.822. The summed E-state index contributed by atoms with van der Waals surface area (Å²) in [5.41, 5.74) is 8.07. The highest BCUT2D eigenvalue weighted by Gasteiger charge is 2.08. The Hall–Kier alpha value is -1.35. The Balaban J connectivity index is 2.59. The van der Waals surface area contributed by atoms with Crippen LogP contribution < -0.4 is 11.1 Å². The smallest absolute Gasteiger partial charge is 0.224 e. The van der Waals surface area contributed by atoms with Gasteiger partial charge in [0.15, 0.2) is 0 Å². The minimum atomic E-state index is 0.0385. The van der Waals surface area contributed by atoms with Crippen molar-refractivity contribution in [1.29, 1.82) is 0 Å². The summed E-state index contributed by atoms with van der Waals surface area (Å²) in [7, 11) is 0. The Morgan fingerprint density at radius 2 is 1.88 bits per heavy atom. The molecular formula is C14H22N2O. The van der Waals surface area contributed by atoms with Crippen molar-refractivity contribution in [1.82, 2.24) is 0 Å². The van der Waals surface area contributed by atoms with Crippen molar-refractivity contribution in [2.24, 2.45) is 11.7 Å². The topological polar surface area (TPSA) is 55.1 Å². The number of carbonyl (C=O) groups excluding carboxylic acids is 1. The van der Waals surface area contributed by atoms with Crippen molar-refractivity contribution >= 4 is 11.6 Å². The molecule has 1 aromatic carbocycles. The zero-order valence-corrected chi connectivity index (χ0v) is 10.9. The van der Waals surface area contributed by atoms with E-state index in [9.17, 15) is 4.79 Å². The van der Waals surface area contributed by atoms with Crippen LogP contribution in [0.3, 0.4) is 0 Å². The van der Waals surface area contributed by atoms with Gasteiger partial charge in [0, 0.05) is 18.2 Å². The van der Waals surface area contributed by atoms with Crippen molar-refractivity contribution in [3.05, 3.63) is 29.8 Å². The molecule has 0 aromatic heterocycles. The molecule has 0 saturated carbocycles. The van der Waals surface area contributed by atoms with Gasteiger partial charge in [-0.2, -0.15) is 0 Å². The third-order valence-electron chi connectivity index (χ3n) is 2.89. The normalized spacial score (nSPS) is 12.5. The average Bonchev–Trinajstić information content (AvgIpc) is 2.31. The van der Waals surface area contributed by atoms with E-state index in [1.165, 1.54) is 5.56 Å². The second kappa shape index (κ2) is 6.40. The molecule has 94 valence electrons. The third-order valence-corrected chi connectivity index (χ3v) is 2.89. The number of anilines is 1. The Morgan fingerprint density at radius 1 is 1.29 bits per heavy atom.